The number of para-hydroxylation sites is 2. The van der Waals surface area contributed by atoms with E-state index in [0.717, 1.165) is 0 Å². The normalized spacial score (nSPS) is 9.06. The number of carbonyl (C=O) groups is 2. The minimum atomic E-state index is -1.01. The quantitative estimate of drug-likeness (QED) is 0.0439. The summed E-state index contributed by atoms with van der Waals surface area (Å²) >= 11 is 0. The summed E-state index contributed by atoms with van der Waals surface area (Å²) in [6.07, 6.45) is 0. The number of hydrogen-bond acceptors (Lipinski definition) is 21. The molecule has 0 bridgehead atoms. The van der Waals surface area contributed by atoms with Crippen LogP contribution in [0, 0.1) is 0 Å². The Morgan fingerprint density at radius 3 is 1.09 bits per heavy atom. The summed E-state index contributed by atoms with van der Waals surface area (Å²) in [6.45, 7) is 0. The van der Waals surface area contributed by atoms with Gasteiger partial charge in [0.15, 0.2) is 17.2 Å². The Bertz CT molecular complexity index is 2780. The first kappa shape index (κ1) is 72.4. The van der Waals surface area contributed by atoms with Crippen LogP contribution in [-0.4, -0.2) is 197 Å². The SMILES string of the molecule is C.C.CN(C)C(=O)c1cccc(N)c1O.COc1c(Nc2cccc(C(=O)N(C)C)c2O)c(=O)c1=O.COc1c(OC)c(=O)c1=O.COc1c(OC)c(=O)c1=O.Cl.O=c1c(O)c(O)c1=O.[B][B].[Ca+2].[Ca+2].[H-].[H-].[H-].[H-]. The number of nitrogens with zero attached hydrogens (tertiary/aromatic N) is 2. The molecule has 0 aromatic heterocycles. The fraction of sp³-hybridized carbons (Fsp3) is 0.268. The van der Waals surface area contributed by atoms with Gasteiger partial charge in [0, 0.05) is 43.7 Å². The average Bonchev–Trinajstić information content (AvgIpc) is 3.30. The monoisotopic (exact) mass is 1040 g/mol. The van der Waals surface area contributed by atoms with Gasteiger partial charge in [0.25, 0.3) is 55.2 Å². The molecule has 7 N–H and O–H groups in total. The number of carbonyl (C=O) groups excluding carboxylic acids is 2. The first-order valence-electron chi connectivity index (χ1n) is 17.3. The average molecular weight is 1040 g/mol. The number of aromatic hydroxyl groups is 4. The van der Waals surface area contributed by atoms with Crippen LogP contribution in [0.2, 0.25) is 0 Å². The van der Waals surface area contributed by atoms with Gasteiger partial charge in [-0.1, -0.05) is 27.0 Å². The van der Waals surface area contributed by atoms with E-state index >= 15 is 0 Å². The second kappa shape index (κ2) is 33.1. The van der Waals surface area contributed by atoms with Crippen LogP contribution in [0.3, 0.4) is 0 Å². The molecule has 0 saturated heterocycles. The zero-order valence-electron chi connectivity index (χ0n) is 41.3. The van der Waals surface area contributed by atoms with E-state index in [2.05, 4.69) is 39.7 Å². The van der Waals surface area contributed by atoms with Crippen LogP contribution in [0.25, 0.3) is 0 Å². The molecule has 0 aliphatic carbocycles. The fourth-order valence-electron chi connectivity index (χ4n) is 4.66. The van der Waals surface area contributed by atoms with Gasteiger partial charge in [0.05, 0.1) is 58.1 Å². The molecule has 23 nitrogen and oxygen atoms in total. The van der Waals surface area contributed by atoms with E-state index in [4.69, 9.17) is 20.7 Å². The number of nitrogens with two attached hydrogens (primary N) is 1. The minimum absolute atomic E-state index is 0. The molecular formula is C41H53B2Ca2ClN4O19. The molecule has 0 aliphatic heterocycles. The third-order valence-corrected chi connectivity index (χ3v) is 8.03. The Labute approximate surface area is 468 Å². The van der Waals surface area contributed by atoms with E-state index < -0.39 is 54.9 Å². The summed E-state index contributed by atoms with van der Waals surface area (Å²) in [5.41, 5.74) is 0.159. The summed E-state index contributed by atoms with van der Waals surface area (Å²) in [4.78, 5) is 111. The van der Waals surface area contributed by atoms with Crippen LogP contribution < -0.4 is 78.2 Å². The van der Waals surface area contributed by atoms with Crippen molar-refractivity contribution >= 4 is 132 Å². The van der Waals surface area contributed by atoms with Crippen molar-refractivity contribution < 1.29 is 59.4 Å². The van der Waals surface area contributed by atoms with Crippen molar-refractivity contribution in [1.29, 1.82) is 0 Å². The molecule has 0 fully saturated rings. The number of benzene rings is 2. The maximum absolute atomic E-state index is 11.9. The van der Waals surface area contributed by atoms with Crippen molar-refractivity contribution in [1.82, 2.24) is 9.80 Å². The first-order chi connectivity index (χ1) is 30.0. The van der Waals surface area contributed by atoms with Crippen molar-refractivity contribution in [2.75, 3.05) is 74.8 Å². The molecule has 2 amide bonds. The number of amides is 2. The van der Waals surface area contributed by atoms with Gasteiger partial charge >= 0.3 is 75.5 Å². The Hall–Kier alpha value is -5.56. The predicted molar refractivity (Wildman–Crippen MR) is 270 cm³/mol. The molecule has 0 spiro atoms. The zero-order valence-corrected chi connectivity index (χ0v) is 42.6. The van der Waals surface area contributed by atoms with Gasteiger partial charge in [-0.25, -0.2) is 0 Å². The van der Waals surface area contributed by atoms with E-state index in [0.29, 0.717) is 0 Å². The Morgan fingerprint density at radius 2 is 0.797 bits per heavy atom. The largest absolute Gasteiger partial charge is 2.00 e. The molecule has 0 atom stereocenters. The first-order valence-corrected chi connectivity index (χ1v) is 17.3. The van der Waals surface area contributed by atoms with Crippen LogP contribution in [-0.2, 0) is 0 Å². The summed E-state index contributed by atoms with van der Waals surface area (Å²) in [5.74, 6) is -2.75. The van der Waals surface area contributed by atoms with Crippen molar-refractivity contribution in [3.8, 4) is 51.7 Å². The molecular weight excluding hydrogens is 990 g/mol. The van der Waals surface area contributed by atoms with Crippen molar-refractivity contribution in [2.24, 2.45) is 0 Å². The Kier molecular flexibility index (Phi) is 34.7. The van der Waals surface area contributed by atoms with Crippen LogP contribution in [0.4, 0.5) is 17.1 Å². The number of hydrogen-bond donors (Lipinski definition) is 6. The topological polar surface area (TPSA) is 342 Å². The number of methoxy groups -OCH3 is 5. The third-order valence-electron chi connectivity index (χ3n) is 8.03. The number of nitrogens with one attached hydrogen (secondary N) is 1. The standard InChI is InChI=1S/C14H14N2O5.C9H12N2O2.2C6H6O4.C4H2O4.2CH4.B2.2Ca.ClH.4H/c1-16(2)14(20)7-5-4-6-8(10(7)17)15-9-11(18)12(19)13(9)21-3;1-11(2)9(13)6-4-3-5-7(10)8(6)12;2*1-9-5-3(7)4(8)6(5)10-2;5-1-2(6)4(8)3(1)7;;;1-2;;;;;;;/h4-6,15,17H,1-3H3;3-5,12H,10H2,1-2H3;2*1-2H3;5-6H;2*1H4;;;;1H;;;;/q;;;;;;;;2*+2;;4*-1. The summed E-state index contributed by atoms with van der Waals surface area (Å²) in [7, 11) is 20.9. The summed E-state index contributed by atoms with van der Waals surface area (Å²) < 4.78 is 23.0. The maximum Gasteiger partial charge on any atom is 2.00 e. The molecule has 28 heteroatoms. The smallest absolute Gasteiger partial charge is 1.00 e. The van der Waals surface area contributed by atoms with Crippen LogP contribution in [0.15, 0.2) is 74.8 Å². The fourth-order valence-corrected chi connectivity index (χ4v) is 4.66. The number of ether oxygens (including phenoxy) is 5. The van der Waals surface area contributed by atoms with Crippen molar-refractivity contribution in [3.63, 3.8) is 0 Å². The van der Waals surface area contributed by atoms with Crippen LogP contribution in [0.5, 0.6) is 51.7 Å². The number of halogens is 1. The predicted octanol–water partition coefficient (Wildman–Crippen LogP) is -0.967. The molecule has 0 saturated carbocycles. The molecule has 0 aliphatic rings. The van der Waals surface area contributed by atoms with Crippen molar-refractivity contribution in [2.45, 2.75) is 14.9 Å². The van der Waals surface area contributed by atoms with Gasteiger partial charge in [0.1, 0.15) is 5.69 Å². The molecule has 69 heavy (non-hydrogen) atoms. The van der Waals surface area contributed by atoms with Gasteiger partial charge in [-0.05, 0) is 24.3 Å². The molecule has 6 aromatic rings. The Balaban J connectivity index is -0.000000100. The van der Waals surface area contributed by atoms with Gasteiger partial charge in [-0.15, -0.1) is 12.4 Å². The van der Waals surface area contributed by atoms with E-state index in [1.165, 1.54) is 63.5 Å². The van der Waals surface area contributed by atoms with Gasteiger partial charge in [0.2, 0.25) is 34.5 Å². The van der Waals surface area contributed by atoms with Crippen molar-refractivity contribution in [3.05, 3.63) is 129 Å². The van der Waals surface area contributed by atoms with E-state index in [1.807, 2.05) is 0 Å². The number of anilines is 3. The minimum Gasteiger partial charge on any atom is -1.00 e. The second-order valence-corrected chi connectivity index (χ2v) is 12.3. The number of nitrogen functional groups attached to an aromatic ring is 1. The second-order valence-electron chi connectivity index (χ2n) is 12.3. The zero-order chi connectivity index (χ0) is 49.5. The van der Waals surface area contributed by atoms with Gasteiger partial charge < -0.3 is 70.7 Å². The van der Waals surface area contributed by atoms with Gasteiger partial charge in [-0.3, -0.25) is 47.9 Å². The molecule has 0 unspecified atom stereocenters. The third kappa shape index (κ3) is 16.8. The van der Waals surface area contributed by atoms with E-state index in [9.17, 15) is 58.2 Å². The molecule has 0 heterocycles. The molecule has 4 radical (unpaired) electrons. The van der Waals surface area contributed by atoms with Crippen LogP contribution in [0.1, 0.15) is 41.3 Å². The van der Waals surface area contributed by atoms with Crippen LogP contribution >= 0.6 is 12.4 Å². The molecule has 368 valence electrons. The number of rotatable bonds is 9. The van der Waals surface area contributed by atoms with Gasteiger partial charge in [-0.2, -0.15) is 0 Å². The number of phenols is 2. The van der Waals surface area contributed by atoms with E-state index in [1.54, 1.807) is 46.4 Å². The Morgan fingerprint density at radius 1 is 0.507 bits per heavy atom. The number of phenolic OH excluding ortho intramolecular Hbond substituents is 2. The molecule has 6 rings (SSSR count). The summed E-state index contributed by atoms with van der Waals surface area (Å²) in [5, 5.41) is 38.6. The maximum atomic E-state index is 11.9. The molecule has 6 aromatic carbocycles. The summed E-state index contributed by atoms with van der Waals surface area (Å²) in [6, 6.07) is 9.21. The van der Waals surface area contributed by atoms with E-state index in [-0.39, 0.29) is 189 Å².